The van der Waals surface area contributed by atoms with Gasteiger partial charge in [-0.05, 0) is 48.8 Å². The molecule has 2 aliphatic carbocycles. The van der Waals surface area contributed by atoms with E-state index in [9.17, 15) is 4.79 Å². The molecule has 27 heavy (non-hydrogen) atoms. The number of rotatable bonds is 7. The van der Waals surface area contributed by atoms with Crippen LogP contribution in [-0.4, -0.2) is 30.3 Å². The van der Waals surface area contributed by atoms with Gasteiger partial charge < -0.3 is 14.8 Å². The van der Waals surface area contributed by atoms with Crippen molar-refractivity contribution in [3.63, 3.8) is 0 Å². The van der Waals surface area contributed by atoms with Crippen LogP contribution in [0, 0.1) is 17.8 Å². The van der Waals surface area contributed by atoms with E-state index in [1.165, 1.54) is 37.0 Å². The fourth-order valence-corrected chi connectivity index (χ4v) is 5.00. The minimum Gasteiger partial charge on any atom is -0.493 e. The number of benzene rings is 1. The third kappa shape index (κ3) is 3.93. The number of aromatic nitrogens is 2. The Bertz CT molecular complexity index is 811. The first-order valence-electron chi connectivity index (χ1n) is 9.53. The summed E-state index contributed by atoms with van der Waals surface area (Å²) in [6.07, 6.45) is 6.55. The van der Waals surface area contributed by atoms with Gasteiger partial charge in [-0.1, -0.05) is 30.2 Å². The Labute approximate surface area is 163 Å². The van der Waals surface area contributed by atoms with E-state index in [1.54, 1.807) is 14.2 Å². The van der Waals surface area contributed by atoms with Gasteiger partial charge in [0.1, 0.15) is 5.01 Å². The van der Waals surface area contributed by atoms with Crippen LogP contribution in [0.1, 0.15) is 36.3 Å². The Morgan fingerprint density at radius 1 is 1.11 bits per heavy atom. The third-order valence-corrected chi connectivity index (χ3v) is 6.63. The standard InChI is InChI=1S/C20H25N3O3S/c1-25-15-9-7-12(11-16(15)26-2)8-10-17-22-23-20(27-17)21-19(24)18-13-5-3-4-6-14(13)18/h7,9,11,13-14,18H,3-6,8,10H2,1-2H3,(H,21,23,24)/t13-,14-/m1/s1. The molecular formula is C20H25N3O3S. The van der Waals surface area contributed by atoms with Crippen LogP contribution < -0.4 is 14.8 Å². The summed E-state index contributed by atoms with van der Waals surface area (Å²) in [5.74, 6) is 3.00. The minimum absolute atomic E-state index is 0.134. The average molecular weight is 388 g/mol. The van der Waals surface area contributed by atoms with Gasteiger partial charge in [-0.25, -0.2) is 0 Å². The predicted octanol–water partition coefficient (Wildman–Crippen LogP) is 3.72. The van der Waals surface area contributed by atoms with Gasteiger partial charge in [-0.2, -0.15) is 0 Å². The molecule has 1 aromatic heterocycles. The summed E-state index contributed by atoms with van der Waals surface area (Å²) in [5, 5.41) is 12.9. The van der Waals surface area contributed by atoms with Crippen molar-refractivity contribution in [1.82, 2.24) is 10.2 Å². The molecule has 2 aromatic rings. The van der Waals surface area contributed by atoms with E-state index in [0.29, 0.717) is 17.0 Å². The van der Waals surface area contributed by atoms with Crippen molar-refractivity contribution in [2.75, 3.05) is 19.5 Å². The van der Waals surface area contributed by atoms with Crippen LogP contribution in [0.15, 0.2) is 18.2 Å². The number of carbonyl (C=O) groups excluding carboxylic acids is 1. The zero-order chi connectivity index (χ0) is 18.8. The second kappa shape index (κ2) is 7.84. The lowest BCUT2D eigenvalue weighted by molar-refractivity contribution is -0.117. The van der Waals surface area contributed by atoms with Crippen molar-refractivity contribution in [3.05, 3.63) is 28.8 Å². The number of amides is 1. The van der Waals surface area contributed by atoms with Gasteiger partial charge in [0.15, 0.2) is 11.5 Å². The van der Waals surface area contributed by atoms with Crippen LogP contribution in [0.3, 0.4) is 0 Å². The Balaban J connectivity index is 1.31. The molecule has 0 unspecified atom stereocenters. The lowest BCUT2D eigenvalue weighted by Crippen LogP contribution is -2.15. The van der Waals surface area contributed by atoms with Crippen LogP contribution >= 0.6 is 11.3 Å². The van der Waals surface area contributed by atoms with Crippen LogP contribution in [0.2, 0.25) is 0 Å². The maximum Gasteiger partial charge on any atom is 0.229 e. The molecule has 0 spiro atoms. The highest BCUT2D eigenvalue weighted by atomic mass is 32.1. The second-order valence-electron chi connectivity index (χ2n) is 7.32. The number of hydrogen-bond donors (Lipinski definition) is 1. The summed E-state index contributed by atoms with van der Waals surface area (Å²) >= 11 is 1.47. The number of ether oxygens (including phenoxy) is 2. The number of anilines is 1. The number of nitrogens with zero attached hydrogens (tertiary/aromatic N) is 2. The molecule has 0 aliphatic heterocycles. The van der Waals surface area contributed by atoms with Crippen molar-refractivity contribution >= 4 is 22.4 Å². The minimum atomic E-state index is 0.134. The number of fused-ring (bicyclic) bond motifs is 1. The highest BCUT2D eigenvalue weighted by Crippen LogP contribution is 2.55. The molecule has 0 saturated heterocycles. The number of hydrogen-bond acceptors (Lipinski definition) is 6. The summed E-state index contributed by atoms with van der Waals surface area (Å²) in [6, 6.07) is 5.92. The molecule has 144 valence electrons. The molecule has 4 rings (SSSR count). The van der Waals surface area contributed by atoms with E-state index in [2.05, 4.69) is 15.5 Å². The van der Waals surface area contributed by atoms with Crippen LogP contribution in [0.5, 0.6) is 11.5 Å². The summed E-state index contributed by atoms with van der Waals surface area (Å²) < 4.78 is 10.6. The van der Waals surface area contributed by atoms with Crippen molar-refractivity contribution < 1.29 is 14.3 Å². The van der Waals surface area contributed by atoms with Gasteiger partial charge in [0.25, 0.3) is 0 Å². The van der Waals surface area contributed by atoms with Crippen LogP contribution in [-0.2, 0) is 17.6 Å². The zero-order valence-corrected chi connectivity index (χ0v) is 16.6. The number of methoxy groups -OCH3 is 2. The number of aryl methyl sites for hydroxylation is 2. The summed E-state index contributed by atoms with van der Waals surface area (Å²) in [7, 11) is 3.27. The Kier molecular flexibility index (Phi) is 5.29. The molecule has 1 heterocycles. The third-order valence-electron chi connectivity index (χ3n) is 5.73. The topological polar surface area (TPSA) is 73.3 Å². The summed E-state index contributed by atoms with van der Waals surface area (Å²) in [4.78, 5) is 12.5. The van der Waals surface area contributed by atoms with Crippen molar-refractivity contribution in [2.45, 2.75) is 38.5 Å². The van der Waals surface area contributed by atoms with Crippen molar-refractivity contribution in [2.24, 2.45) is 17.8 Å². The van der Waals surface area contributed by atoms with Gasteiger partial charge >= 0.3 is 0 Å². The fraction of sp³-hybridized carbons (Fsp3) is 0.550. The van der Waals surface area contributed by atoms with Crippen molar-refractivity contribution in [3.8, 4) is 11.5 Å². The maximum atomic E-state index is 12.5. The number of nitrogens with one attached hydrogen (secondary N) is 1. The highest BCUT2D eigenvalue weighted by molar-refractivity contribution is 7.15. The average Bonchev–Trinajstić information content (AvgIpc) is 3.28. The first-order valence-corrected chi connectivity index (χ1v) is 10.4. The van der Waals surface area contributed by atoms with Gasteiger partial charge in [-0.15, -0.1) is 10.2 Å². The molecule has 6 nitrogen and oxygen atoms in total. The first-order chi connectivity index (χ1) is 13.2. The Morgan fingerprint density at radius 3 is 2.56 bits per heavy atom. The van der Waals surface area contributed by atoms with E-state index in [0.717, 1.165) is 34.9 Å². The molecule has 2 aliphatic rings. The van der Waals surface area contributed by atoms with Gasteiger partial charge in [0.05, 0.1) is 14.2 Å². The van der Waals surface area contributed by atoms with Gasteiger partial charge in [0, 0.05) is 12.3 Å². The molecule has 2 atom stereocenters. The highest BCUT2D eigenvalue weighted by Gasteiger charge is 2.54. The summed E-state index contributed by atoms with van der Waals surface area (Å²) in [6.45, 7) is 0. The van der Waals surface area contributed by atoms with Gasteiger partial charge in [0.2, 0.25) is 11.0 Å². The molecule has 1 amide bonds. The fourth-order valence-electron chi connectivity index (χ4n) is 4.26. The Morgan fingerprint density at radius 2 is 1.85 bits per heavy atom. The molecule has 0 radical (unpaired) electrons. The van der Waals surface area contributed by atoms with Crippen LogP contribution in [0.4, 0.5) is 5.13 Å². The normalized spacial score (nSPS) is 23.4. The predicted molar refractivity (Wildman–Crippen MR) is 104 cm³/mol. The molecular weight excluding hydrogens is 362 g/mol. The summed E-state index contributed by atoms with van der Waals surface area (Å²) in [5.41, 5.74) is 1.15. The Hall–Kier alpha value is -2.15. The molecule has 0 bridgehead atoms. The lowest BCUT2D eigenvalue weighted by Gasteiger charge is -2.08. The van der Waals surface area contributed by atoms with E-state index in [1.807, 2.05) is 18.2 Å². The van der Waals surface area contributed by atoms with E-state index in [-0.39, 0.29) is 11.8 Å². The SMILES string of the molecule is COc1ccc(CCc2nnc(NC(=O)C3[C@@H]4CCCC[C@@H]34)s2)cc1OC. The van der Waals surface area contributed by atoms with Gasteiger partial charge in [-0.3, -0.25) is 4.79 Å². The van der Waals surface area contributed by atoms with Crippen LogP contribution in [0.25, 0.3) is 0 Å². The second-order valence-corrected chi connectivity index (χ2v) is 8.38. The zero-order valence-electron chi connectivity index (χ0n) is 15.7. The van der Waals surface area contributed by atoms with Crippen molar-refractivity contribution in [1.29, 1.82) is 0 Å². The molecule has 2 saturated carbocycles. The molecule has 1 aromatic carbocycles. The van der Waals surface area contributed by atoms with E-state index >= 15 is 0 Å². The molecule has 7 heteroatoms. The number of carbonyl (C=O) groups is 1. The van der Waals surface area contributed by atoms with E-state index < -0.39 is 0 Å². The largest absolute Gasteiger partial charge is 0.493 e. The lowest BCUT2D eigenvalue weighted by atomic mass is 10.0. The van der Waals surface area contributed by atoms with E-state index in [4.69, 9.17) is 9.47 Å². The molecule has 1 N–H and O–H groups in total. The monoisotopic (exact) mass is 387 g/mol. The molecule has 2 fully saturated rings. The maximum absolute atomic E-state index is 12.5. The smallest absolute Gasteiger partial charge is 0.229 e. The quantitative estimate of drug-likeness (QED) is 0.784. The first kappa shape index (κ1) is 18.2.